The van der Waals surface area contributed by atoms with Crippen LogP contribution in [0.2, 0.25) is 0 Å². The van der Waals surface area contributed by atoms with Crippen molar-refractivity contribution in [1.82, 2.24) is 0 Å². The average molecular weight is 909 g/mol. The van der Waals surface area contributed by atoms with Crippen molar-refractivity contribution < 1.29 is 9.15 Å². The molecule has 0 amide bonds. The highest BCUT2D eigenvalue weighted by Gasteiger charge is 2.51. The third kappa shape index (κ3) is 6.53. The molecule has 1 aromatic heterocycles. The molecule has 0 atom stereocenters. The molecule has 0 fully saturated rings. The highest BCUT2D eigenvalue weighted by atomic mass is 16.5. The summed E-state index contributed by atoms with van der Waals surface area (Å²) < 4.78 is 13.5. The standard InChI is InChI=1S/C67H44N2O2/c1-4-16-45(17-5-1)47-28-32-50(33-29-47)68(51-34-30-48(31-35-51)46-18-6-2-7-19-46)52-36-39-63-57(42-52)58-43-53(37-40-64(58)70-63)69(49-20-8-3-9-21-49)54-38-41-66-62(44-54)67(61-26-14-15-27-65(61)71-66)59-24-12-10-22-55(59)56-23-11-13-25-60(56)67/h1-44H. The predicted octanol–water partition coefficient (Wildman–Crippen LogP) is 18.3. The lowest BCUT2D eigenvalue weighted by atomic mass is 9.66. The van der Waals surface area contributed by atoms with Crippen LogP contribution < -0.4 is 14.5 Å². The Labute approximate surface area is 412 Å². The Hall–Kier alpha value is -9.38. The molecule has 0 radical (unpaired) electrons. The van der Waals surface area contributed by atoms with Gasteiger partial charge in [0, 0.05) is 56.0 Å². The predicted molar refractivity (Wildman–Crippen MR) is 291 cm³/mol. The van der Waals surface area contributed by atoms with Gasteiger partial charge in [0.25, 0.3) is 0 Å². The molecule has 0 unspecified atom stereocenters. The molecule has 1 aliphatic carbocycles. The van der Waals surface area contributed by atoms with Crippen LogP contribution in [0.5, 0.6) is 11.5 Å². The van der Waals surface area contributed by atoms with E-state index in [-0.39, 0.29) is 0 Å². The molecule has 0 N–H and O–H groups in total. The molecule has 0 saturated heterocycles. The molecular formula is C67H44N2O2. The Kier molecular flexibility index (Phi) is 9.39. The van der Waals surface area contributed by atoms with Crippen molar-refractivity contribution in [3.8, 4) is 44.9 Å². The van der Waals surface area contributed by atoms with Gasteiger partial charge in [0.2, 0.25) is 0 Å². The van der Waals surface area contributed by atoms with E-state index in [1.54, 1.807) is 0 Å². The number of hydrogen-bond acceptors (Lipinski definition) is 4. The van der Waals surface area contributed by atoms with Gasteiger partial charge in [-0.25, -0.2) is 0 Å². The van der Waals surface area contributed by atoms with Crippen LogP contribution in [0.15, 0.2) is 271 Å². The van der Waals surface area contributed by atoms with Crippen molar-refractivity contribution in [2.24, 2.45) is 0 Å². The Bertz CT molecular complexity index is 3830. The summed E-state index contributed by atoms with van der Waals surface area (Å²) in [5.41, 5.74) is 19.3. The molecule has 12 aromatic rings. The molecular weight excluding hydrogens is 865 g/mol. The Morgan fingerprint density at radius 1 is 0.268 bits per heavy atom. The smallest absolute Gasteiger partial charge is 0.135 e. The molecule has 1 spiro atoms. The quantitative estimate of drug-likeness (QED) is 0.152. The molecule has 14 rings (SSSR count). The minimum atomic E-state index is -0.591. The van der Waals surface area contributed by atoms with E-state index in [9.17, 15) is 0 Å². The fraction of sp³-hybridized carbons (Fsp3) is 0.0149. The van der Waals surface area contributed by atoms with Crippen LogP contribution in [0, 0.1) is 0 Å². The summed E-state index contributed by atoms with van der Waals surface area (Å²) in [5.74, 6) is 1.73. The van der Waals surface area contributed by atoms with E-state index in [1.807, 2.05) is 0 Å². The van der Waals surface area contributed by atoms with Crippen molar-refractivity contribution in [2.45, 2.75) is 5.41 Å². The topological polar surface area (TPSA) is 28.9 Å². The SMILES string of the molecule is c1ccc(-c2ccc(N(c3ccc(-c4ccccc4)cc3)c3ccc4oc5ccc(N(c6ccccc6)c6ccc7c(c6)C6(c8ccccc8O7)c7ccccc7-c7ccccc76)cc5c4c3)cc2)cc1. The number of fused-ring (bicyclic) bond motifs is 12. The average Bonchev–Trinajstić information content (AvgIpc) is 3.96. The zero-order valence-electron chi connectivity index (χ0n) is 38.6. The summed E-state index contributed by atoms with van der Waals surface area (Å²) in [6, 6.07) is 95.6. The molecule has 71 heavy (non-hydrogen) atoms. The summed E-state index contributed by atoms with van der Waals surface area (Å²) in [5, 5.41) is 2.07. The Balaban J connectivity index is 0.921. The van der Waals surface area contributed by atoms with Crippen LogP contribution in [0.4, 0.5) is 34.1 Å². The van der Waals surface area contributed by atoms with Crippen LogP contribution in [0.25, 0.3) is 55.3 Å². The number of nitrogens with zero attached hydrogens (tertiary/aromatic N) is 2. The second-order valence-corrected chi connectivity index (χ2v) is 18.4. The Morgan fingerprint density at radius 2 is 0.648 bits per heavy atom. The van der Waals surface area contributed by atoms with E-state index in [1.165, 1.54) is 44.5 Å². The number of ether oxygens (including phenoxy) is 1. The van der Waals surface area contributed by atoms with E-state index in [4.69, 9.17) is 9.15 Å². The van der Waals surface area contributed by atoms with Gasteiger partial charge < -0.3 is 19.0 Å². The third-order valence-corrected chi connectivity index (χ3v) is 14.5. The summed E-state index contributed by atoms with van der Waals surface area (Å²) in [6.07, 6.45) is 0. The number of rotatable bonds is 8. The lowest BCUT2D eigenvalue weighted by molar-refractivity contribution is 0.436. The second-order valence-electron chi connectivity index (χ2n) is 18.4. The van der Waals surface area contributed by atoms with Crippen molar-refractivity contribution in [1.29, 1.82) is 0 Å². The number of hydrogen-bond donors (Lipinski definition) is 0. The van der Waals surface area contributed by atoms with Crippen molar-refractivity contribution >= 4 is 56.1 Å². The highest BCUT2D eigenvalue weighted by molar-refractivity contribution is 6.08. The van der Waals surface area contributed by atoms with Crippen molar-refractivity contribution in [3.05, 3.63) is 289 Å². The summed E-state index contributed by atoms with van der Waals surface area (Å²) in [4.78, 5) is 4.70. The van der Waals surface area contributed by atoms with Crippen molar-refractivity contribution in [3.63, 3.8) is 0 Å². The van der Waals surface area contributed by atoms with Crippen LogP contribution in [-0.4, -0.2) is 0 Å². The van der Waals surface area contributed by atoms with Crippen LogP contribution in [0.1, 0.15) is 22.3 Å². The molecule has 334 valence electrons. The maximum atomic E-state index is 6.85. The molecule has 0 bridgehead atoms. The Morgan fingerprint density at radius 3 is 1.20 bits per heavy atom. The molecule has 2 aliphatic rings. The van der Waals surface area contributed by atoms with Gasteiger partial charge in [-0.1, -0.05) is 170 Å². The first-order chi connectivity index (χ1) is 35.2. The van der Waals surface area contributed by atoms with Gasteiger partial charge in [0.05, 0.1) is 5.41 Å². The minimum Gasteiger partial charge on any atom is -0.457 e. The van der Waals surface area contributed by atoms with E-state index >= 15 is 0 Å². The van der Waals surface area contributed by atoms with Gasteiger partial charge in [-0.05, 0) is 142 Å². The first-order valence-electron chi connectivity index (χ1n) is 24.2. The molecule has 2 heterocycles. The van der Waals surface area contributed by atoms with Crippen LogP contribution >= 0.6 is 0 Å². The monoisotopic (exact) mass is 908 g/mol. The molecule has 0 saturated carbocycles. The molecule has 11 aromatic carbocycles. The van der Waals surface area contributed by atoms with E-state index in [0.29, 0.717) is 0 Å². The van der Waals surface area contributed by atoms with E-state index in [2.05, 4.69) is 277 Å². The normalized spacial score (nSPS) is 12.7. The van der Waals surface area contributed by atoms with Gasteiger partial charge in [0.15, 0.2) is 0 Å². The van der Waals surface area contributed by atoms with Crippen LogP contribution in [-0.2, 0) is 5.41 Å². The number of anilines is 6. The maximum Gasteiger partial charge on any atom is 0.135 e. The van der Waals surface area contributed by atoms with Gasteiger partial charge in [-0.3, -0.25) is 0 Å². The van der Waals surface area contributed by atoms with Gasteiger partial charge in [-0.15, -0.1) is 0 Å². The first kappa shape index (κ1) is 40.7. The molecule has 4 nitrogen and oxygen atoms in total. The van der Waals surface area contributed by atoms with Gasteiger partial charge in [-0.2, -0.15) is 0 Å². The largest absolute Gasteiger partial charge is 0.457 e. The van der Waals surface area contributed by atoms with Crippen LogP contribution in [0.3, 0.4) is 0 Å². The van der Waals surface area contributed by atoms with E-state index in [0.717, 1.165) is 78.7 Å². The lowest BCUT2D eigenvalue weighted by Crippen LogP contribution is -2.32. The third-order valence-electron chi connectivity index (χ3n) is 14.5. The summed E-state index contributed by atoms with van der Waals surface area (Å²) in [7, 11) is 0. The zero-order chi connectivity index (χ0) is 46.9. The maximum absolute atomic E-state index is 6.85. The zero-order valence-corrected chi connectivity index (χ0v) is 38.6. The fourth-order valence-corrected chi connectivity index (χ4v) is 11.4. The van der Waals surface area contributed by atoms with Crippen molar-refractivity contribution in [2.75, 3.05) is 9.80 Å². The highest BCUT2D eigenvalue weighted by Crippen LogP contribution is 2.62. The molecule has 4 heteroatoms. The van der Waals surface area contributed by atoms with Gasteiger partial charge in [0.1, 0.15) is 22.7 Å². The molecule has 1 aliphatic heterocycles. The second kappa shape index (κ2) is 16.4. The fourth-order valence-electron chi connectivity index (χ4n) is 11.4. The summed E-state index contributed by atoms with van der Waals surface area (Å²) >= 11 is 0. The number of para-hydroxylation sites is 2. The summed E-state index contributed by atoms with van der Waals surface area (Å²) in [6.45, 7) is 0. The number of benzene rings is 11. The lowest BCUT2D eigenvalue weighted by Gasteiger charge is -2.40. The minimum absolute atomic E-state index is 0.591. The first-order valence-corrected chi connectivity index (χ1v) is 24.2. The van der Waals surface area contributed by atoms with Gasteiger partial charge >= 0.3 is 0 Å². The van der Waals surface area contributed by atoms with E-state index < -0.39 is 5.41 Å². The number of furan rings is 1.